The Morgan fingerprint density at radius 1 is 1.47 bits per heavy atom. The summed E-state index contributed by atoms with van der Waals surface area (Å²) in [4.78, 5) is 14.4. The molecule has 0 fully saturated rings. The van der Waals surface area contributed by atoms with E-state index in [0.717, 1.165) is 24.1 Å². The summed E-state index contributed by atoms with van der Waals surface area (Å²) in [5, 5.41) is 10.3. The van der Waals surface area contributed by atoms with Crippen molar-refractivity contribution in [3.8, 4) is 0 Å². The highest BCUT2D eigenvalue weighted by Crippen LogP contribution is 2.43. The average Bonchev–Trinajstić information content (AvgIpc) is 2.77. The first kappa shape index (κ1) is 10.4. The first-order valence-electron chi connectivity index (χ1n) is 5.92. The largest absolute Gasteiger partial charge is 0.481 e. The number of aliphatic carboxylic acids is 1. The van der Waals surface area contributed by atoms with Crippen LogP contribution in [0.2, 0.25) is 0 Å². The number of benzene rings is 1. The molecule has 0 saturated heterocycles. The number of hydrogen-bond donors (Lipinski definition) is 2. The maximum Gasteiger partial charge on any atom is 0.304 e. The number of carbonyl (C=O) groups is 1. The van der Waals surface area contributed by atoms with Crippen LogP contribution < -0.4 is 0 Å². The number of rotatable bonds is 2. The third-order valence-corrected chi connectivity index (χ3v) is 3.89. The van der Waals surface area contributed by atoms with Crippen molar-refractivity contribution in [1.29, 1.82) is 0 Å². The summed E-state index contributed by atoms with van der Waals surface area (Å²) in [7, 11) is 0. The maximum absolute atomic E-state index is 11.0. The van der Waals surface area contributed by atoms with Crippen LogP contribution in [0, 0.1) is 0 Å². The summed E-state index contributed by atoms with van der Waals surface area (Å²) >= 11 is 0. The lowest BCUT2D eigenvalue weighted by Crippen LogP contribution is -2.23. The number of aryl methyl sites for hydroxylation is 1. The number of carboxylic acids is 1. The monoisotopic (exact) mass is 229 g/mol. The zero-order chi connectivity index (χ0) is 12.0. The predicted molar refractivity (Wildman–Crippen MR) is 66.2 cm³/mol. The van der Waals surface area contributed by atoms with Crippen LogP contribution in [-0.2, 0) is 16.6 Å². The Labute approximate surface area is 99.5 Å². The second-order valence-electron chi connectivity index (χ2n) is 5.16. The fourth-order valence-electron chi connectivity index (χ4n) is 3.01. The first-order valence-corrected chi connectivity index (χ1v) is 5.92. The number of fused-ring (bicyclic) bond motifs is 3. The SMILES string of the molecule is C[C@@]1(CC(=O)O)CCc2c1[nH]c1ccccc21. The van der Waals surface area contributed by atoms with E-state index < -0.39 is 5.97 Å². The zero-order valence-corrected chi connectivity index (χ0v) is 9.79. The number of aromatic amines is 1. The van der Waals surface area contributed by atoms with Gasteiger partial charge in [-0.3, -0.25) is 4.79 Å². The maximum atomic E-state index is 11.0. The van der Waals surface area contributed by atoms with E-state index in [0.29, 0.717) is 0 Å². The molecule has 1 heterocycles. The highest BCUT2D eigenvalue weighted by atomic mass is 16.4. The highest BCUT2D eigenvalue weighted by Gasteiger charge is 2.38. The minimum absolute atomic E-state index is 0.201. The molecule has 1 atom stereocenters. The molecule has 2 aromatic rings. The zero-order valence-electron chi connectivity index (χ0n) is 9.79. The van der Waals surface area contributed by atoms with E-state index in [1.165, 1.54) is 10.9 Å². The van der Waals surface area contributed by atoms with Gasteiger partial charge in [-0.1, -0.05) is 25.1 Å². The van der Waals surface area contributed by atoms with Crippen molar-refractivity contribution >= 4 is 16.9 Å². The number of H-pyrrole nitrogens is 1. The number of carboxylic acid groups (broad SMARTS) is 1. The van der Waals surface area contributed by atoms with Gasteiger partial charge in [0, 0.05) is 22.0 Å². The van der Waals surface area contributed by atoms with E-state index in [1.54, 1.807) is 0 Å². The van der Waals surface area contributed by atoms with Gasteiger partial charge in [-0.05, 0) is 24.5 Å². The van der Waals surface area contributed by atoms with Gasteiger partial charge in [-0.15, -0.1) is 0 Å². The molecule has 0 aliphatic heterocycles. The van der Waals surface area contributed by atoms with Gasteiger partial charge in [0.25, 0.3) is 0 Å². The number of aromatic nitrogens is 1. The predicted octanol–water partition coefficient (Wildman–Crippen LogP) is 2.85. The van der Waals surface area contributed by atoms with E-state index >= 15 is 0 Å². The summed E-state index contributed by atoms with van der Waals surface area (Å²) in [6.45, 7) is 2.04. The van der Waals surface area contributed by atoms with Gasteiger partial charge in [-0.2, -0.15) is 0 Å². The fourth-order valence-corrected chi connectivity index (χ4v) is 3.01. The second kappa shape index (κ2) is 3.36. The van der Waals surface area contributed by atoms with Crippen LogP contribution in [0.25, 0.3) is 10.9 Å². The minimum Gasteiger partial charge on any atom is -0.481 e. The Bertz CT molecular complexity index is 599. The Kier molecular flexibility index (Phi) is 2.05. The Morgan fingerprint density at radius 3 is 3.00 bits per heavy atom. The van der Waals surface area contributed by atoms with Crippen LogP contribution in [-0.4, -0.2) is 16.1 Å². The minimum atomic E-state index is -0.723. The third kappa shape index (κ3) is 1.46. The number of hydrogen-bond acceptors (Lipinski definition) is 1. The lowest BCUT2D eigenvalue weighted by atomic mass is 9.84. The second-order valence-corrected chi connectivity index (χ2v) is 5.16. The standard InChI is InChI=1S/C14H15NO2/c1-14(8-12(16)17)7-6-10-9-4-2-3-5-11(9)15-13(10)14/h2-5,15H,6-8H2,1H3,(H,16,17)/t14-/m0/s1. The average molecular weight is 229 g/mol. The Morgan fingerprint density at radius 2 is 2.24 bits per heavy atom. The molecule has 1 aliphatic carbocycles. The van der Waals surface area contributed by atoms with Crippen molar-refractivity contribution in [3.63, 3.8) is 0 Å². The summed E-state index contributed by atoms with van der Waals surface area (Å²) < 4.78 is 0. The molecule has 3 nitrogen and oxygen atoms in total. The van der Waals surface area contributed by atoms with E-state index in [2.05, 4.69) is 17.1 Å². The lowest BCUT2D eigenvalue weighted by Gasteiger charge is -2.21. The molecule has 0 amide bonds. The van der Waals surface area contributed by atoms with Crippen molar-refractivity contribution in [2.24, 2.45) is 0 Å². The van der Waals surface area contributed by atoms with Gasteiger partial charge >= 0.3 is 5.97 Å². The molecule has 17 heavy (non-hydrogen) atoms. The molecule has 0 bridgehead atoms. The number of nitrogens with one attached hydrogen (secondary N) is 1. The highest BCUT2D eigenvalue weighted by molar-refractivity contribution is 5.86. The van der Waals surface area contributed by atoms with Crippen LogP contribution in [0.3, 0.4) is 0 Å². The summed E-state index contributed by atoms with van der Waals surface area (Å²) in [6, 6.07) is 8.19. The van der Waals surface area contributed by atoms with Gasteiger partial charge in [0.2, 0.25) is 0 Å². The van der Waals surface area contributed by atoms with Crippen molar-refractivity contribution in [3.05, 3.63) is 35.5 Å². The Balaban J connectivity index is 2.16. The van der Waals surface area contributed by atoms with Gasteiger partial charge in [0.1, 0.15) is 0 Å². The van der Waals surface area contributed by atoms with Crippen LogP contribution in [0.4, 0.5) is 0 Å². The number of para-hydroxylation sites is 1. The molecule has 0 unspecified atom stereocenters. The van der Waals surface area contributed by atoms with E-state index in [-0.39, 0.29) is 11.8 Å². The summed E-state index contributed by atoms with van der Waals surface area (Å²) in [5.74, 6) is -0.723. The van der Waals surface area contributed by atoms with E-state index in [1.807, 2.05) is 19.1 Å². The molecule has 3 rings (SSSR count). The van der Waals surface area contributed by atoms with Crippen molar-refractivity contribution in [1.82, 2.24) is 4.98 Å². The van der Waals surface area contributed by atoms with Crippen molar-refractivity contribution in [2.45, 2.75) is 31.6 Å². The Hall–Kier alpha value is -1.77. The molecule has 1 aromatic heterocycles. The molecular formula is C14H15NO2. The van der Waals surface area contributed by atoms with Crippen LogP contribution >= 0.6 is 0 Å². The topological polar surface area (TPSA) is 53.1 Å². The molecule has 1 aromatic carbocycles. The molecule has 88 valence electrons. The van der Waals surface area contributed by atoms with Crippen LogP contribution in [0.5, 0.6) is 0 Å². The molecule has 0 saturated carbocycles. The van der Waals surface area contributed by atoms with Gasteiger partial charge in [0.05, 0.1) is 6.42 Å². The molecule has 3 heteroatoms. The molecule has 2 N–H and O–H groups in total. The molecular weight excluding hydrogens is 214 g/mol. The third-order valence-electron chi connectivity index (χ3n) is 3.89. The van der Waals surface area contributed by atoms with Crippen molar-refractivity contribution < 1.29 is 9.90 Å². The fraction of sp³-hybridized carbons (Fsp3) is 0.357. The van der Waals surface area contributed by atoms with Crippen LogP contribution in [0.15, 0.2) is 24.3 Å². The van der Waals surface area contributed by atoms with Crippen molar-refractivity contribution in [2.75, 3.05) is 0 Å². The van der Waals surface area contributed by atoms with E-state index in [9.17, 15) is 4.79 Å². The molecule has 1 aliphatic rings. The normalized spacial score (nSPS) is 22.9. The van der Waals surface area contributed by atoms with E-state index in [4.69, 9.17) is 5.11 Å². The van der Waals surface area contributed by atoms with Gasteiger partial charge in [0.15, 0.2) is 0 Å². The first-order chi connectivity index (χ1) is 8.10. The summed E-state index contributed by atoms with van der Waals surface area (Å²) in [5.41, 5.74) is 3.32. The smallest absolute Gasteiger partial charge is 0.304 e. The van der Waals surface area contributed by atoms with Gasteiger partial charge < -0.3 is 10.1 Å². The quantitative estimate of drug-likeness (QED) is 0.832. The summed E-state index contributed by atoms with van der Waals surface area (Å²) in [6.07, 6.45) is 2.10. The van der Waals surface area contributed by atoms with Crippen LogP contribution in [0.1, 0.15) is 31.0 Å². The molecule has 0 spiro atoms. The molecule has 0 radical (unpaired) electrons. The van der Waals surface area contributed by atoms with Gasteiger partial charge in [-0.25, -0.2) is 0 Å². The lowest BCUT2D eigenvalue weighted by molar-refractivity contribution is -0.138.